The summed E-state index contributed by atoms with van der Waals surface area (Å²) in [5.74, 6) is 1.35. The van der Waals surface area contributed by atoms with E-state index in [1.54, 1.807) is 38.3 Å². The van der Waals surface area contributed by atoms with Gasteiger partial charge in [-0.05, 0) is 55.9 Å². The van der Waals surface area contributed by atoms with Crippen molar-refractivity contribution >= 4 is 39.8 Å². The minimum absolute atomic E-state index is 0.143. The Labute approximate surface area is 194 Å². The van der Waals surface area contributed by atoms with Crippen molar-refractivity contribution in [1.29, 1.82) is 0 Å². The highest BCUT2D eigenvalue weighted by molar-refractivity contribution is 9.10. The first-order valence-corrected chi connectivity index (χ1v) is 11.5. The number of amides is 1. The lowest BCUT2D eigenvalue weighted by atomic mass is 10.1. The number of hydrogen-bond donors (Lipinski definition) is 1. The van der Waals surface area contributed by atoms with E-state index >= 15 is 0 Å². The molecule has 3 aromatic rings. The molecular weight excluding hydrogens is 476 g/mol. The Morgan fingerprint density at radius 2 is 1.71 bits per heavy atom. The first-order chi connectivity index (χ1) is 15.1. The van der Waals surface area contributed by atoms with Gasteiger partial charge >= 0.3 is 0 Å². The lowest BCUT2D eigenvalue weighted by molar-refractivity contribution is -0.118. The van der Waals surface area contributed by atoms with Crippen molar-refractivity contribution in [2.24, 2.45) is 5.10 Å². The Bertz CT molecular complexity index is 1100. The molecule has 0 atom stereocenters. The van der Waals surface area contributed by atoms with Gasteiger partial charge in [-0.15, -0.1) is 11.8 Å². The van der Waals surface area contributed by atoms with Crippen molar-refractivity contribution in [3.05, 3.63) is 81.8 Å². The van der Waals surface area contributed by atoms with Crippen molar-refractivity contribution in [3.63, 3.8) is 0 Å². The number of halogens is 1. The Kier molecular flexibility index (Phi) is 6.63. The van der Waals surface area contributed by atoms with Crippen molar-refractivity contribution in [1.82, 2.24) is 5.43 Å². The maximum Gasteiger partial charge on any atom is 0.250 e. The summed E-state index contributed by atoms with van der Waals surface area (Å²) in [6, 6.07) is 20.4. The number of hydrogen-bond acceptors (Lipinski definition) is 5. The van der Waals surface area contributed by atoms with E-state index < -0.39 is 0 Å². The monoisotopic (exact) mass is 496 g/mol. The van der Waals surface area contributed by atoms with Crippen molar-refractivity contribution in [2.75, 3.05) is 20.0 Å². The number of carbonyl (C=O) groups excluding carboxylic acids is 1. The highest BCUT2D eigenvalue weighted by Crippen LogP contribution is 2.49. The molecule has 0 fully saturated rings. The number of nitrogens with one attached hydrogen (secondary N) is 1. The number of fused-ring (bicyclic) bond motifs is 3. The molecule has 1 aliphatic carbocycles. The smallest absolute Gasteiger partial charge is 0.250 e. The lowest BCUT2D eigenvalue weighted by Gasteiger charge is -2.12. The summed E-state index contributed by atoms with van der Waals surface area (Å²) < 4.78 is 11.4. The highest BCUT2D eigenvalue weighted by atomic mass is 79.9. The fourth-order valence-electron chi connectivity index (χ4n) is 3.67. The summed E-state index contributed by atoms with van der Waals surface area (Å²) in [6.45, 7) is 0. The summed E-state index contributed by atoms with van der Waals surface area (Å²) in [6.07, 6.45) is 1.58. The van der Waals surface area contributed by atoms with Crippen LogP contribution in [0.25, 0.3) is 11.1 Å². The highest BCUT2D eigenvalue weighted by Gasteiger charge is 2.28. The van der Waals surface area contributed by atoms with Gasteiger partial charge in [-0.2, -0.15) is 5.10 Å². The number of ether oxygens (including phenoxy) is 2. The molecule has 4 rings (SSSR count). The molecule has 0 radical (unpaired) electrons. The second kappa shape index (κ2) is 9.58. The third-order valence-electron chi connectivity index (χ3n) is 5.02. The van der Waals surface area contributed by atoms with Gasteiger partial charge in [0.05, 0.1) is 35.9 Å². The normalized spacial score (nSPS) is 12.5. The molecule has 1 amide bonds. The molecule has 7 heteroatoms. The Morgan fingerprint density at radius 3 is 2.32 bits per heavy atom. The van der Waals surface area contributed by atoms with Crippen LogP contribution in [0.2, 0.25) is 0 Å². The predicted molar refractivity (Wildman–Crippen MR) is 129 cm³/mol. The van der Waals surface area contributed by atoms with Crippen molar-refractivity contribution in [2.45, 2.75) is 5.25 Å². The van der Waals surface area contributed by atoms with E-state index in [2.05, 4.69) is 62.9 Å². The molecule has 0 saturated heterocycles. The van der Waals surface area contributed by atoms with Gasteiger partial charge in [0.1, 0.15) is 0 Å². The Hall–Kier alpha value is -2.77. The zero-order valence-electron chi connectivity index (χ0n) is 17.1. The molecule has 5 nitrogen and oxygen atoms in total. The summed E-state index contributed by atoms with van der Waals surface area (Å²) in [5, 5.41) is 4.23. The van der Waals surface area contributed by atoms with Crippen molar-refractivity contribution in [3.8, 4) is 22.6 Å². The molecule has 0 unspecified atom stereocenters. The van der Waals surface area contributed by atoms with Gasteiger partial charge in [-0.3, -0.25) is 4.79 Å². The van der Waals surface area contributed by atoms with Gasteiger partial charge in [0.15, 0.2) is 11.5 Å². The fourth-order valence-corrected chi connectivity index (χ4v) is 5.45. The van der Waals surface area contributed by atoms with E-state index in [0.717, 1.165) is 10.0 Å². The number of thioether (sulfide) groups is 1. The minimum atomic E-state index is -0.150. The van der Waals surface area contributed by atoms with Crippen LogP contribution in [0.3, 0.4) is 0 Å². The van der Waals surface area contributed by atoms with Crippen molar-refractivity contribution < 1.29 is 14.3 Å². The standard InChI is InChI=1S/C24H21BrN2O3S/c1-29-21-12-15(11-20(25)23(21)30-2)13-26-27-22(28)14-31-24-18-9-5-3-7-16(18)17-8-4-6-10-19(17)24/h3-13,24H,14H2,1-2H3,(H,27,28)/b26-13-. The first-order valence-electron chi connectivity index (χ1n) is 9.65. The lowest BCUT2D eigenvalue weighted by Crippen LogP contribution is -2.20. The molecule has 0 heterocycles. The van der Waals surface area contributed by atoms with Crippen LogP contribution in [0.4, 0.5) is 0 Å². The van der Waals surface area contributed by atoms with Gasteiger partial charge in [-0.1, -0.05) is 48.5 Å². The zero-order chi connectivity index (χ0) is 21.8. The second-order valence-electron chi connectivity index (χ2n) is 6.90. The van der Waals surface area contributed by atoms with Crippen LogP contribution in [0.5, 0.6) is 11.5 Å². The van der Waals surface area contributed by atoms with E-state index in [-0.39, 0.29) is 11.2 Å². The van der Waals surface area contributed by atoms with Crippen LogP contribution < -0.4 is 14.9 Å². The van der Waals surface area contributed by atoms with Crippen LogP contribution in [0, 0.1) is 0 Å². The van der Waals surface area contributed by atoms with Gasteiger partial charge in [-0.25, -0.2) is 5.43 Å². The third-order valence-corrected chi connectivity index (χ3v) is 6.88. The maximum absolute atomic E-state index is 12.4. The van der Waals surface area contributed by atoms with Gasteiger partial charge in [0.2, 0.25) is 5.91 Å². The maximum atomic E-state index is 12.4. The van der Waals surface area contributed by atoms with E-state index in [1.165, 1.54) is 22.3 Å². The molecule has 1 N–H and O–H groups in total. The second-order valence-corrected chi connectivity index (χ2v) is 8.84. The Morgan fingerprint density at radius 1 is 1.06 bits per heavy atom. The van der Waals surface area contributed by atoms with E-state index in [1.807, 2.05) is 18.2 Å². The van der Waals surface area contributed by atoms with Crippen LogP contribution in [0.15, 0.2) is 70.2 Å². The SMILES string of the molecule is COc1cc(/C=N\NC(=O)CSC2c3ccccc3-c3ccccc32)cc(Br)c1OC. The zero-order valence-corrected chi connectivity index (χ0v) is 19.5. The number of benzene rings is 3. The number of methoxy groups -OCH3 is 2. The topological polar surface area (TPSA) is 59.9 Å². The van der Waals surface area contributed by atoms with E-state index in [4.69, 9.17) is 9.47 Å². The number of rotatable bonds is 7. The minimum Gasteiger partial charge on any atom is -0.493 e. The first kappa shape index (κ1) is 21.5. The average molecular weight is 497 g/mol. The molecule has 158 valence electrons. The summed E-state index contributed by atoms with van der Waals surface area (Å²) >= 11 is 5.06. The number of hydrazone groups is 1. The van der Waals surface area contributed by atoms with E-state index in [0.29, 0.717) is 17.3 Å². The molecule has 31 heavy (non-hydrogen) atoms. The van der Waals surface area contributed by atoms with Crippen LogP contribution in [0.1, 0.15) is 21.9 Å². The fraction of sp³-hybridized carbons (Fsp3) is 0.167. The molecule has 0 aromatic heterocycles. The number of carbonyl (C=O) groups is 1. The molecule has 0 bridgehead atoms. The number of nitrogens with zero attached hydrogens (tertiary/aromatic N) is 1. The van der Waals surface area contributed by atoms with Gasteiger partial charge < -0.3 is 9.47 Å². The van der Waals surface area contributed by atoms with Crippen LogP contribution in [-0.2, 0) is 4.79 Å². The average Bonchev–Trinajstić information content (AvgIpc) is 3.11. The quantitative estimate of drug-likeness (QED) is 0.350. The molecule has 0 spiro atoms. The third kappa shape index (κ3) is 4.48. The largest absolute Gasteiger partial charge is 0.493 e. The van der Waals surface area contributed by atoms with Crippen LogP contribution >= 0.6 is 27.7 Å². The van der Waals surface area contributed by atoms with Gasteiger partial charge in [0, 0.05) is 0 Å². The molecule has 0 aliphatic heterocycles. The summed E-state index contributed by atoms with van der Waals surface area (Å²) in [7, 11) is 3.15. The predicted octanol–water partition coefficient (Wildman–Crippen LogP) is 5.42. The molecule has 1 aliphatic rings. The van der Waals surface area contributed by atoms with Gasteiger partial charge in [0.25, 0.3) is 0 Å². The summed E-state index contributed by atoms with van der Waals surface area (Å²) in [4.78, 5) is 12.4. The molecular formula is C24H21BrN2O3S. The summed E-state index contributed by atoms with van der Waals surface area (Å²) in [5.41, 5.74) is 8.37. The van der Waals surface area contributed by atoms with E-state index in [9.17, 15) is 4.79 Å². The van der Waals surface area contributed by atoms with Crippen LogP contribution in [-0.4, -0.2) is 32.1 Å². The Balaban J connectivity index is 1.40. The molecule has 0 saturated carbocycles. The molecule has 3 aromatic carbocycles.